The second-order valence-electron chi connectivity index (χ2n) is 6.31. The Kier molecular flexibility index (Phi) is 5.42. The molecule has 1 amide bonds. The maximum Gasteiger partial charge on any atom is 0.273 e. The van der Waals surface area contributed by atoms with E-state index in [9.17, 15) is 14.9 Å². The average molecular weight is 333 g/mol. The summed E-state index contributed by atoms with van der Waals surface area (Å²) >= 11 is 0. The summed E-state index contributed by atoms with van der Waals surface area (Å²) in [5, 5.41) is 11.2. The van der Waals surface area contributed by atoms with Crippen LogP contribution in [0.1, 0.15) is 24.8 Å². The van der Waals surface area contributed by atoms with Crippen molar-refractivity contribution in [3.05, 3.63) is 39.9 Å². The molecule has 2 saturated heterocycles. The summed E-state index contributed by atoms with van der Waals surface area (Å²) < 4.78 is 5.32. The number of hydrogen-bond donors (Lipinski definition) is 0. The van der Waals surface area contributed by atoms with Crippen molar-refractivity contribution in [1.29, 1.82) is 0 Å². The molecule has 2 aliphatic rings. The Labute approximate surface area is 141 Å². The van der Waals surface area contributed by atoms with E-state index in [-0.39, 0.29) is 22.6 Å². The monoisotopic (exact) mass is 333 g/mol. The minimum absolute atomic E-state index is 0.126. The van der Waals surface area contributed by atoms with Gasteiger partial charge in [0.15, 0.2) is 0 Å². The number of piperidine rings is 1. The lowest BCUT2D eigenvalue weighted by Gasteiger charge is -2.38. The fraction of sp³-hybridized carbons (Fsp3) is 0.588. The SMILES string of the molecule is O=C([C@H]1CCCCN1Cc1ccccc1[N+](=O)[O-])N1CCOCC1. The molecule has 2 aliphatic heterocycles. The molecule has 0 unspecified atom stereocenters. The molecular weight excluding hydrogens is 310 g/mol. The minimum atomic E-state index is -0.349. The van der Waals surface area contributed by atoms with Gasteiger partial charge in [0.1, 0.15) is 0 Å². The third-order valence-corrected chi connectivity index (χ3v) is 4.78. The van der Waals surface area contributed by atoms with Gasteiger partial charge in [-0.2, -0.15) is 0 Å². The second kappa shape index (κ2) is 7.72. The predicted octanol–water partition coefficient (Wildman–Crippen LogP) is 1.81. The van der Waals surface area contributed by atoms with Gasteiger partial charge in [0.25, 0.3) is 5.69 Å². The summed E-state index contributed by atoms with van der Waals surface area (Å²) in [6.07, 6.45) is 2.86. The van der Waals surface area contributed by atoms with Gasteiger partial charge in [-0.1, -0.05) is 24.6 Å². The molecule has 130 valence electrons. The smallest absolute Gasteiger partial charge is 0.273 e. The van der Waals surface area contributed by atoms with E-state index < -0.39 is 0 Å². The number of carbonyl (C=O) groups excluding carboxylic acids is 1. The summed E-state index contributed by atoms with van der Waals surface area (Å²) in [4.78, 5) is 27.7. The number of likely N-dealkylation sites (tertiary alicyclic amines) is 1. The van der Waals surface area contributed by atoms with E-state index >= 15 is 0 Å². The highest BCUT2D eigenvalue weighted by Crippen LogP contribution is 2.25. The van der Waals surface area contributed by atoms with Gasteiger partial charge < -0.3 is 9.64 Å². The second-order valence-corrected chi connectivity index (χ2v) is 6.31. The topological polar surface area (TPSA) is 75.9 Å². The van der Waals surface area contributed by atoms with Gasteiger partial charge in [0.2, 0.25) is 5.91 Å². The highest BCUT2D eigenvalue weighted by atomic mass is 16.6. The van der Waals surface area contributed by atoms with Crippen LogP contribution in [-0.2, 0) is 16.1 Å². The zero-order chi connectivity index (χ0) is 16.9. The van der Waals surface area contributed by atoms with Gasteiger partial charge in [-0.3, -0.25) is 19.8 Å². The van der Waals surface area contributed by atoms with Crippen molar-refractivity contribution in [3.8, 4) is 0 Å². The fourth-order valence-electron chi connectivity index (χ4n) is 3.50. The number of amides is 1. The number of morpholine rings is 1. The molecule has 0 N–H and O–H groups in total. The van der Waals surface area contributed by atoms with Crippen LogP contribution in [0, 0.1) is 10.1 Å². The van der Waals surface area contributed by atoms with Gasteiger partial charge in [-0.25, -0.2) is 0 Å². The number of para-hydroxylation sites is 1. The van der Waals surface area contributed by atoms with Gasteiger partial charge in [-0.15, -0.1) is 0 Å². The molecule has 0 spiro atoms. The van der Waals surface area contributed by atoms with E-state index in [1.807, 2.05) is 11.0 Å². The molecule has 0 aliphatic carbocycles. The van der Waals surface area contributed by atoms with Crippen molar-refractivity contribution in [3.63, 3.8) is 0 Å². The van der Waals surface area contributed by atoms with Crippen LogP contribution in [0.4, 0.5) is 5.69 Å². The number of nitrogens with zero attached hydrogens (tertiary/aromatic N) is 3. The summed E-state index contributed by atoms with van der Waals surface area (Å²) in [6.45, 7) is 3.68. The van der Waals surface area contributed by atoms with Gasteiger partial charge in [-0.05, 0) is 19.4 Å². The van der Waals surface area contributed by atoms with Gasteiger partial charge in [0, 0.05) is 31.3 Å². The standard InChI is InChI=1S/C17H23N3O4/c21-17(18-9-11-24-12-10-18)16-7-3-4-8-19(16)13-14-5-1-2-6-15(14)20(22)23/h1-2,5-6,16H,3-4,7-13H2/t16-/m1/s1. The normalized spacial score (nSPS) is 22.3. The quantitative estimate of drug-likeness (QED) is 0.620. The molecule has 2 fully saturated rings. The van der Waals surface area contributed by atoms with Crippen molar-refractivity contribution in [2.75, 3.05) is 32.8 Å². The first-order chi connectivity index (χ1) is 11.7. The molecule has 24 heavy (non-hydrogen) atoms. The molecular formula is C17H23N3O4. The van der Waals surface area contributed by atoms with Crippen LogP contribution in [0.2, 0.25) is 0 Å². The lowest BCUT2D eigenvalue weighted by Crippen LogP contribution is -2.53. The van der Waals surface area contributed by atoms with Crippen molar-refractivity contribution in [1.82, 2.24) is 9.80 Å². The third kappa shape index (κ3) is 3.73. The number of ether oxygens (including phenoxy) is 1. The maximum atomic E-state index is 12.9. The highest BCUT2D eigenvalue weighted by Gasteiger charge is 2.33. The van der Waals surface area contributed by atoms with Gasteiger partial charge >= 0.3 is 0 Å². The molecule has 7 nitrogen and oxygen atoms in total. The molecule has 2 heterocycles. The first-order valence-corrected chi connectivity index (χ1v) is 8.49. The van der Waals surface area contributed by atoms with Gasteiger partial charge in [0.05, 0.1) is 24.2 Å². The van der Waals surface area contributed by atoms with Crippen LogP contribution in [-0.4, -0.2) is 59.5 Å². The molecule has 1 aromatic carbocycles. The van der Waals surface area contributed by atoms with Crippen LogP contribution in [0.3, 0.4) is 0 Å². The number of nitro groups is 1. The number of hydrogen-bond acceptors (Lipinski definition) is 5. The summed E-state index contributed by atoms with van der Waals surface area (Å²) in [5.74, 6) is 0.136. The Balaban J connectivity index is 1.75. The van der Waals surface area contributed by atoms with E-state index in [4.69, 9.17) is 4.74 Å². The third-order valence-electron chi connectivity index (χ3n) is 4.78. The van der Waals surface area contributed by atoms with Crippen molar-refractivity contribution in [2.24, 2.45) is 0 Å². The summed E-state index contributed by atoms with van der Waals surface area (Å²) in [5.41, 5.74) is 0.796. The lowest BCUT2D eigenvalue weighted by atomic mass is 9.99. The Bertz CT molecular complexity index is 601. The zero-order valence-corrected chi connectivity index (χ0v) is 13.7. The number of carbonyl (C=O) groups is 1. The Morgan fingerprint density at radius 1 is 1.21 bits per heavy atom. The predicted molar refractivity (Wildman–Crippen MR) is 88.5 cm³/mol. The number of rotatable bonds is 4. The lowest BCUT2D eigenvalue weighted by molar-refractivity contribution is -0.385. The van der Waals surface area contributed by atoms with Crippen molar-refractivity contribution < 1.29 is 14.5 Å². The molecule has 3 rings (SSSR count). The molecule has 0 saturated carbocycles. The molecule has 0 bridgehead atoms. The number of benzene rings is 1. The summed E-state index contributed by atoms with van der Waals surface area (Å²) in [6, 6.07) is 6.61. The van der Waals surface area contributed by atoms with E-state index in [1.54, 1.807) is 12.1 Å². The van der Waals surface area contributed by atoms with E-state index in [0.29, 0.717) is 38.4 Å². The van der Waals surface area contributed by atoms with Crippen molar-refractivity contribution in [2.45, 2.75) is 31.8 Å². The first kappa shape index (κ1) is 16.9. The van der Waals surface area contributed by atoms with Crippen LogP contribution in [0.5, 0.6) is 0 Å². The van der Waals surface area contributed by atoms with Crippen LogP contribution >= 0.6 is 0 Å². The molecule has 1 atom stereocenters. The Morgan fingerprint density at radius 3 is 2.71 bits per heavy atom. The first-order valence-electron chi connectivity index (χ1n) is 8.49. The van der Waals surface area contributed by atoms with Crippen LogP contribution in [0.25, 0.3) is 0 Å². The largest absolute Gasteiger partial charge is 0.378 e. The fourth-order valence-corrected chi connectivity index (χ4v) is 3.50. The van der Waals surface area contributed by atoms with Crippen molar-refractivity contribution >= 4 is 11.6 Å². The van der Waals surface area contributed by atoms with E-state index in [0.717, 1.165) is 25.8 Å². The molecule has 1 aromatic rings. The zero-order valence-electron chi connectivity index (χ0n) is 13.7. The van der Waals surface area contributed by atoms with Crippen LogP contribution < -0.4 is 0 Å². The summed E-state index contributed by atoms with van der Waals surface area (Å²) in [7, 11) is 0. The average Bonchev–Trinajstić information content (AvgIpc) is 2.62. The maximum absolute atomic E-state index is 12.9. The van der Waals surface area contributed by atoms with Crippen LogP contribution in [0.15, 0.2) is 24.3 Å². The molecule has 0 aromatic heterocycles. The highest BCUT2D eigenvalue weighted by molar-refractivity contribution is 5.82. The Hall–Kier alpha value is -1.99. The van der Waals surface area contributed by atoms with E-state index in [2.05, 4.69) is 4.90 Å². The molecule has 7 heteroatoms. The Morgan fingerprint density at radius 2 is 1.96 bits per heavy atom. The van der Waals surface area contributed by atoms with E-state index in [1.165, 1.54) is 6.07 Å². The number of nitro benzene ring substituents is 1. The minimum Gasteiger partial charge on any atom is -0.378 e. The molecule has 0 radical (unpaired) electrons.